The Balaban J connectivity index is 1.91. The number of rotatable bonds is 5. The van der Waals surface area contributed by atoms with Crippen LogP contribution in [0.2, 0.25) is 0 Å². The summed E-state index contributed by atoms with van der Waals surface area (Å²) in [5, 5.41) is 3.51. The molecule has 1 fully saturated rings. The van der Waals surface area contributed by atoms with Crippen LogP contribution in [-0.4, -0.2) is 26.4 Å². The maximum atomic E-state index is 5.60. The number of benzene rings is 1. The molecule has 3 heteroatoms. The van der Waals surface area contributed by atoms with Crippen LogP contribution in [0.4, 0.5) is 0 Å². The molecule has 2 unspecified atom stereocenters. The van der Waals surface area contributed by atoms with Gasteiger partial charge in [-0.2, -0.15) is 0 Å². The zero-order chi connectivity index (χ0) is 12.1. The average Bonchev–Trinajstić information content (AvgIpc) is 2.89. The third-order valence-corrected chi connectivity index (χ3v) is 3.28. The lowest BCUT2D eigenvalue weighted by atomic mass is 10.1. The molecule has 1 heterocycles. The summed E-state index contributed by atoms with van der Waals surface area (Å²) in [6, 6.07) is 8.43. The molecule has 1 saturated heterocycles. The fraction of sp³-hybridized carbons (Fsp3) is 0.571. The van der Waals surface area contributed by atoms with E-state index in [9.17, 15) is 0 Å². The van der Waals surface area contributed by atoms with Crippen LogP contribution < -0.4 is 10.1 Å². The van der Waals surface area contributed by atoms with E-state index in [-0.39, 0.29) is 6.04 Å². The van der Waals surface area contributed by atoms with Gasteiger partial charge in [-0.05, 0) is 25.8 Å². The van der Waals surface area contributed by atoms with E-state index in [0.29, 0.717) is 6.10 Å². The molecule has 0 radical (unpaired) electrons. The molecule has 1 aliphatic heterocycles. The summed E-state index contributed by atoms with van der Waals surface area (Å²) in [5.41, 5.74) is 1.20. The maximum Gasteiger partial charge on any atom is 0.123 e. The number of para-hydroxylation sites is 1. The highest BCUT2D eigenvalue weighted by atomic mass is 16.5. The van der Waals surface area contributed by atoms with Gasteiger partial charge in [0.15, 0.2) is 0 Å². The van der Waals surface area contributed by atoms with Crippen LogP contribution in [0.3, 0.4) is 0 Å². The highest BCUT2D eigenvalue weighted by Crippen LogP contribution is 2.24. The first-order valence-electron chi connectivity index (χ1n) is 6.29. The van der Waals surface area contributed by atoms with Crippen molar-refractivity contribution in [3.63, 3.8) is 0 Å². The highest BCUT2D eigenvalue weighted by Gasteiger charge is 2.17. The van der Waals surface area contributed by atoms with Crippen LogP contribution in [0.5, 0.6) is 5.75 Å². The van der Waals surface area contributed by atoms with Crippen molar-refractivity contribution in [2.75, 3.05) is 20.3 Å². The minimum atomic E-state index is 0.287. The Morgan fingerprint density at radius 2 is 2.29 bits per heavy atom. The number of methoxy groups -OCH3 is 1. The third kappa shape index (κ3) is 3.20. The Bertz CT molecular complexity index is 348. The van der Waals surface area contributed by atoms with Gasteiger partial charge in [0.2, 0.25) is 0 Å². The third-order valence-electron chi connectivity index (χ3n) is 3.28. The van der Waals surface area contributed by atoms with E-state index in [2.05, 4.69) is 18.3 Å². The normalized spacial score (nSPS) is 21.4. The summed E-state index contributed by atoms with van der Waals surface area (Å²) in [5.74, 6) is 0.944. The molecule has 0 saturated carbocycles. The van der Waals surface area contributed by atoms with Crippen molar-refractivity contribution in [2.45, 2.75) is 31.9 Å². The van der Waals surface area contributed by atoms with Gasteiger partial charge in [-0.3, -0.25) is 0 Å². The summed E-state index contributed by atoms with van der Waals surface area (Å²) in [4.78, 5) is 0. The predicted molar refractivity (Wildman–Crippen MR) is 68.4 cm³/mol. The monoisotopic (exact) mass is 235 g/mol. The zero-order valence-corrected chi connectivity index (χ0v) is 10.6. The fourth-order valence-corrected chi connectivity index (χ4v) is 2.25. The Morgan fingerprint density at radius 1 is 1.47 bits per heavy atom. The van der Waals surface area contributed by atoms with Crippen molar-refractivity contribution in [3.05, 3.63) is 29.8 Å². The lowest BCUT2D eigenvalue weighted by molar-refractivity contribution is 0.108. The molecule has 1 N–H and O–H groups in total. The predicted octanol–water partition coefficient (Wildman–Crippen LogP) is 2.52. The molecule has 94 valence electrons. The molecule has 1 aliphatic rings. The molecule has 0 aromatic heterocycles. The van der Waals surface area contributed by atoms with Crippen molar-refractivity contribution in [1.29, 1.82) is 0 Å². The highest BCUT2D eigenvalue weighted by molar-refractivity contribution is 5.35. The van der Waals surface area contributed by atoms with Crippen LogP contribution in [0.15, 0.2) is 24.3 Å². The molecule has 0 spiro atoms. The second-order valence-corrected chi connectivity index (χ2v) is 4.51. The minimum Gasteiger partial charge on any atom is -0.496 e. The van der Waals surface area contributed by atoms with Gasteiger partial charge in [0, 0.05) is 24.8 Å². The molecule has 1 aromatic rings. The lowest BCUT2D eigenvalue weighted by Crippen LogP contribution is -2.28. The van der Waals surface area contributed by atoms with E-state index in [1.807, 2.05) is 18.2 Å². The number of ether oxygens (including phenoxy) is 2. The van der Waals surface area contributed by atoms with Crippen molar-refractivity contribution in [1.82, 2.24) is 5.32 Å². The summed E-state index contributed by atoms with van der Waals surface area (Å²) in [7, 11) is 1.71. The van der Waals surface area contributed by atoms with Gasteiger partial charge in [0.1, 0.15) is 5.75 Å². The summed E-state index contributed by atoms with van der Waals surface area (Å²) in [6.45, 7) is 3.99. The summed E-state index contributed by atoms with van der Waals surface area (Å²) >= 11 is 0. The van der Waals surface area contributed by atoms with Gasteiger partial charge in [-0.25, -0.2) is 0 Å². The van der Waals surface area contributed by atoms with Gasteiger partial charge in [-0.15, -0.1) is 0 Å². The van der Waals surface area contributed by atoms with Gasteiger partial charge in [0.05, 0.1) is 13.2 Å². The molecular weight excluding hydrogens is 214 g/mol. The Kier molecular flexibility index (Phi) is 4.40. The number of hydrogen-bond donors (Lipinski definition) is 1. The van der Waals surface area contributed by atoms with Gasteiger partial charge in [0.25, 0.3) is 0 Å². The van der Waals surface area contributed by atoms with E-state index in [4.69, 9.17) is 9.47 Å². The van der Waals surface area contributed by atoms with Crippen molar-refractivity contribution in [2.24, 2.45) is 0 Å². The van der Waals surface area contributed by atoms with E-state index in [0.717, 1.165) is 18.9 Å². The smallest absolute Gasteiger partial charge is 0.123 e. The van der Waals surface area contributed by atoms with E-state index in [1.54, 1.807) is 7.11 Å². The van der Waals surface area contributed by atoms with Crippen LogP contribution >= 0.6 is 0 Å². The molecule has 0 amide bonds. The Labute approximate surface area is 103 Å². The molecule has 2 rings (SSSR count). The molecule has 2 atom stereocenters. The molecule has 0 bridgehead atoms. The molecule has 17 heavy (non-hydrogen) atoms. The zero-order valence-electron chi connectivity index (χ0n) is 10.6. The molecule has 0 aliphatic carbocycles. The van der Waals surface area contributed by atoms with Crippen LogP contribution in [-0.2, 0) is 4.74 Å². The lowest BCUT2D eigenvalue weighted by Gasteiger charge is -2.19. The van der Waals surface area contributed by atoms with Gasteiger partial charge >= 0.3 is 0 Å². The molecule has 1 aromatic carbocycles. The van der Waals surface area contributed by atoms with Crippen molar-refractivity contribution in [3.8, 4) is 5.75 Å². The largest absolute Gasteiger partial charge is 0.496 e. The first kappa shape index (κ1) is 12.4. The van der Waals surface area contributed by atoms with E-state index in [1.165, 1.54) is 18.4 Å². The second-order valence-electron chi connectivity index (χ2n) is 4.51. The topological polar surface area (TPSA) is 30.5 Å². The second kappa shape index (κ2) is 6.03. The minimum absolute atomic E-state index is 0.287. The first-order valence-corrected chi connectivity index (χ1v) is 6.29. The van der Waals surface area contributed by atoms with Gasteiger partial charge < -0.3 is 14.8 Å². The Hall–Kier alpha value is -1.06. The first-order chi connectivity index (χ1) is 8.31. The Morgan fingerprint density at radius 3 is 3.00 bits per heavy atom. The SMILES string of the molecule is COc1ccccc1C(C)NCC1CCCO1. The van der Waals surface area contributed by atoms with E-state index < -0.39 is 0 Å². The number of nitrogens with one attached hydrogen (secondary N) is 1. The van der Waals surface area contributed by atoms with Crippen molar-refractivity contribution >= 4 is 0 Å². The standard InChI is InChI=1S/C14H21NO2/c1-11(15-10-12-6-5-9-17-12)13-7-3-4-8-14(13)16-2/h3-4,7-8,11-12,15H,5-6,9-10H2,1-2H3. The molecular formula is C14H21NO2. The number of hydrogen-bond acceptors (Lipinski definition) is 3. The maximum absolute atomic E-state index is 5.60. The quantitative estimate of drug-likeness (QED) is 0.850. The fourth-order valence-electron chi connectivity index (χ4n) is 2.25. The summed E-state index contributed by atoms with van der Waals surface area (Å²) in [6.07, 6.45) is 2.74. The molecule has 3 nitrogen and oxygen atoms in total. The van der Waals surface area contributed by atoms with E-state index >= 15 is 0 Å². The average molecular weight is 235 g/mol. The van der Waals surface area contributed by atoms with Gasteiger partial charge in [-0.1, -0.05) is 18.2 Å². The van der Waals surface area contributed by atoms with Crippen LogP contribution in [0.25, 0.3) is 0 Å². The van der Waals surface area contributed by atoms with Crippen LogP contribution in [0.1, 0.15) is 31.4 Å². The van der Waals surface area contributed by atoms with Crippen molar-refractivity contribution < 1.29 is 9.47 Å². The van der Waals surface area contributed by atoms with Crippen LogP contribution in [0, 0.1) is 0 Å². The summed E-state index contributed by atoms with van der Waals surface area (Å²) < 4.78 is 11.0.